The first kappa shape index (κ1) is 46.5. The normalized spacial score (nSPS) is 14.4. The van der Waals surface area contributed by atoms with E-state index >= 15 is 0 Å². The van der Waals surface area contributed by atoms with Gasteiger partial charge in [0.2, 0.25) is 0 Å². The van der Waals surface area contributed by atoms with E-state index in [4.69, 9.17) is 29.0 Å². The minimum absolute atomic E-state index is 0.0415. The van der Waals surface area contributed by atoms with Gasteiger partial charge < -0.3 is 38.7 Å². The summed E-state index contributed by atoms with van der Waals surface area (Å²) in [7, 11) is -3.88. The van der Waals surface area contributed by atoms with Gasteiger partial charge in [0.05, 0.1) is 58.1 Å². The van der Waals surface area contributed by atoms with E-state index in [0.717, 1.165) is 24.0 Å². The molecular formula is C44H68N5O7P. The van der Waals surface area contributed by atoms with Crippen LogP contribution in [-0.2, 0) is 47.6 Å². The summed E-state index contributed by atoms with van der Waals surface area (Å²) in [6.45, 7) is 4.81. The zero-order valence-electron chi connectivity index (χ0n) is 34.4. The lowest BCUT2D eigenvalue weighted by Crippen LogP contribution is -2.29. The lowest BCUT2D eigenvalue weighted by Gasteiger charge is -2.25. The van der Waals surface area contributed by atoms with Crippen molar-refractivity contribution in [3.63, 3.8) is 0 Å². The Balaban J connectivity index is 1.26. The first-order valence-electron chi connectivity index (χ1n) is 21.2. The summed E-state index contributed by atoms with van der Waals surface area (Å²) >= 11 is 0. The topological polar surface area (TPSA) is 153 Å². The molecule has 13 heteroatoms. The van der Waals surface area contributed by atoms with Gasteiger partial charge in [-0.3, -0.25) is 4.57 Å². The average Bonchev–Trinajstić information content (AvgIpc) is 3.66. The molecule has 4 atom stereocenters. The SMILES string of the molecule is CCCCCCCCCCCCCCCCC(C)OCC(COP(=O)(COC(CO)Cn1cnc2c(N)ncnc21)OCc1ccccc1)OCc1ccccc1. The van der Waals surface area contributed by atoms with E-state index in [1.54, 1.807) is 10.9 Å². The molecule has 2 heterocycles. The molecule has 2 aromatic carbocycles. The number of nitrogens with zero attached hydrogens (tertiary/aromatic N) is 4. The maximum absolute atomic E-state index is 14.3. The summed E-state index contributed by atoms with van der Waals surface area (Å²) in [5.74, 6) is 0.254. The number of nitrogen functional groups attached to an aromatic ring is 1. The molecule has 0 aliphatic heterocycles. The molecule has 0 saturated carbocycles. The number of anilines is 1. The Kier molecular flexibility index (Phi) is 22.4. The number of aromatic nitrogens is 4. The number of nitrogens with two attached hydrogens (primary N) is 1. The van der Waals surface area contributed by atoms with Crippen LogP contribution in [0.25, 0.3) is 11.2 Å². The smallest absolute Gasteiger partial charge is 0.356 e. The van der Waals surface area contributed by atoms with Crippen LogP contribution in [0.3, 0.4) is 0 Å². The van der Waals surface area contributed by atoms with Gasteiger partial charge in [-0.15, -0.1) is 0 Å². The molecule has 0 aliphatic carbocycles. The Morgan fingerprint density at radius 1 is 0.702 bits per heavy atom. The van der Waals surface area contributed by atoms with Crippen LogP contribution in [0.15, 0.2) is 73.3 Å². The van der Waals surface area contributed by atoms with Crippen LogP contribution >= 0.6 is 7.60 Å². The van der Waals surface area contributed by atoms with E-state index in [2.05, 4.69) is 28.8 Å². The van der Waals surface area contributed by atoms with Crippen molar-refractivity contribution < 1.29 is 32.9 Å². The van der Waals surface area contributed by atoms with Crippen LogP contribution in [0, 0.1) is 0 Å². The molecule has 57 heavy (non-hydrogen) atoms. The van der Waals surface area contributed by atoms with E-state index in [9.17, 15) is 9.67 Å². The van der Waals surface area contributed by atoms with Gasteiger partial charge >= 0.3 is 7.60 Å². The van der Waals surface area contributed by atoms with Crippen molar-refractivity contribution >= 4 is 24.6 Å². The zero-order chi connectivity index (χ0) is 40.4. The molecule has 0 aliphatic rings. The Labute approximate surface area is 340 Å². The Morgan fingerprint density at radius 2 is 1.30 bits per heavy atom. The number of aliphatic hydroxyl groups excluding tert-OH is 1. The average molecular weight is 810 g/mol. The molecule has 4 unspecified atom stereocenters. The minimum atomic E-state index is -3.88. The van der Waals surface area contributed by atoms with Gasteiger partial charge in [0.15, 0.2) is 11.5 Å². The lowest BCUT2D eigenvalue weighted by molar-refractivity contribution is -0.0674. The first-order chi connectivity index (χ1) is 27.9. The van der Waals surface area contributed by atoms with Crippen molar-refractivity contribution in [2.24, 2.45) is 0 Å². The minimum Gasteiger partial charge on any atom is -0.394 e. The number of aliphatic hydroxyl groups is 1. The third kappa shape index (κ3) is 18.5. The molecule has 4 aromatic rings. The maximum atomic E-state index is 14.3. The maximum Gasteiger partial charge on any atom is 0.356 e. The monoisotopic (exact) mass is 809 g/mol. The summed E-state index contributed by atoms with van der Waals surface area (Å²) < 4.78 is 46.7. The molecule has 4 rings (SSSR count). The lowest BCUT2D eigenvalue weighted by atomic mass is 10.0. The van der Waals surface area contributed by atoms with Gasteiger partial charge in [-0.25, -0.2) is 15.0 Å². The Hall–Kier alpha value is -3.22. The largest absolute Gasteiger partial charge is 0.394 e. The number of ether oxygens (including phenoxy) is 3. The van der Waals surface area contributed by atoms with Crippen LogP contribution in [0.5, 0.6) is 0 Å². The van der Waals surface area contributed by atoms with E-state index < -0.39 is 26.2 Å². The van der Waals surface area contributed by atoms with Crippen molar-refractivity contribution in [1.29, 1.82) is 0 Å². The molecule has 0 radical (unpaired) electrons. The fourth-order valence-corrected chi connectivity index (χ4v) is 7.94. The van der Waals surface area contributed by atoms with Crippen molar-refractivity contribution in [3.8, 4) is 0 Å². The van der Waals surface area contributed by atoms with E-state index in [1.165, 1.54) is 89.8 Å². The zero-order valence-corrected chi connectivity index (χ0v) is 35.3. The first-order valence-corrected chi connectivity index (χ1v) is 22.9. The molecule has 3 N–H and O–H groups in total. The fraction of sp³-hybridized carbons (Fsp3) is 0.614. The third-order valence-corrected chi connectivity index (χ3v) is 11.6. The predicted octanol–water partition coefficient (Wildman–Crippen LogP) is 10.0. The van der Waals surface area contributed by atoms with Gasteiger partial charge in [0.25, 0.3) is 0 Å². The van der Waals surface area contributed by atoms with E-state index in [1.807, 2.05) is 60.7 Å². The van der Waals surface area contributed by atoms with Gasteiger partial charge in [-0.1, -0.05) is 157 Å². The summed E-state index contributed by atoms with van der Waals surface area (Å²) in [6.07, 6.45) is 20.9. The highest BCUT2D eigenvalue weighted by atomic mass is 31.2. The van der Waals surface area contributed by atoms with E-state index in [-0.39, 0.29) is 44.9 Å². The third-order valence-electron chi connectivity index (χ3n) is 10.1. The highest BCUT2D eigenvalue weighted by Gasteiger charge is 2.30. The number of hydrogen-bond acceptors (Lipinski definition) is 11. The molecule has 0 fully saturated rings. The summed E-state index contributed by atoms with van der Waals surface area (Å²) in [5, 5.41) is 10.2. The predicted molar refractivity (Wildman–Crippen MR) is 227 cm³/mol. The molecule has 12 nitrogen and oxygen atoms in total. The van der Waals surface area contributed by atoms with Crippen molar-refractivity contribution in [1.82, 2.24) is 19.5 Å². The van der Waals surface area contributed by atoms with Gasteiger partial charge in [-0.05, 0) is 24.5 Å². The quantitative estimate of drug-likeness (QED) is 0.0349. The number of rotatable bonds is 33. The Morgan fingerprint density at radius 3 is 1.91 bits per heavy atom. The molecule has 0 saturated heterocycles. The number of unbranched alkanes of at least 4 members (excludes halogenated alkanes) is 13. The van der Waals surface area contributed by atoms with Crippen molar-refractivity contribution in [3.05, 3.63) is 84.4 Å². The van der Waals surface area contributed by atoms with Gasteiger partial charge in [-0.2, -0.15) is 0 Å². The highest BCUT2D eigenvalue weighted by Crippen LogP contribution is 2.49. The molecule has 0 bridgehead atoms. The van der Waals surface area contributed by atoms with Gasteiger partial charge in [0, 0.05) is 0 Å². The second-order valence-electron chi connectivity index (χ2n) is 15.0. The second-order valence-corrected chi connectivity index (χ2v) is 17.0. The molecule has 316 valence electrons. The highest BCUT2D eigenvalue weighted by molar-refractivity contribution is 7.53. The molecular weight excluding hydrogens is 741 g/mol. The molecule has 2 aromatic heterocycles. The van der Waals surface area contributed by atoms with Crippen LogP contribution in [0.2, 0.25) is 0 Å². The molecule has 0 amide bonds. The second kappa shape index (κ2) is 27.5. The van der Waals surface area contributed by atoms with Crippen LogP contribution in [0.1, 0.15) is 121 Å². The van der Waals surface area contributed by atoms with E-state index in [0.29, 0.717) is 17.8 Å². The summed E-state index contributed by atoms with van der Waals surface area (Å²) in [5.41, 5.74) is 8.74. The van der Waals surface area contributed by atoms with Gasteiger partial charge in [0.1, 0.15) is 24.3 Å². The van der Waals surface area contributed by atoms with Crippen molar-refractivity contribution in [2.45, 2.75) is 148 Å². The number of hydrogen-bond donors (Lipinski definition) is 2. The number of benzene rings is 2. The van der Waals surface area contributed by atoms with Crippen LogP contribution < -0.4 is 5.73 Å². The van der Waals surface area contributed by atoms with Crippen LogP contribution in [-0.4, -0.2) is 69.1 Å². The van der Waals surface area contributed by atoms with Crippen molar-refractivity contribution in [2.75, 3.05) is 31.9 Å². The number of imidazole rings is 1. The summed E-state index contributed by atoms with van der Waals surface area (Å²) in [6, 6.07) is 19.3. The summed E-state index contributed by atoms with van der Waals surface area (Å²) in [4.78, 5) is 12.5. The number of fused-ring (bicyclic) bond motifs is 1. The molecule has 0 spiro atoms. The van der Waals surface area contributed by atoms with Crippen LogP contribution in [0.4, 0.5) is 5.82 Å². The standard InChI is InChI=1S/C44H68N5O7P/c1-3-4-5-6-7-8-9-10-11-12-13-14-15-18-23-37(2)52-32-41(53-30-38-24-19-16-20-25-38)33-56-57(51,55-31-39-26-21-17-22-27-39)36-54-40(29-50)28-49-35-48-42-43(45)46-34-47-44(42)49/h16-17,19-22,24-27,34-35,37,40-41,50H,3-15,18,23,28-33,36H2,1-2H3,(H2,45,46,47). The fourth-order valence-electron chi connectivity index (χ4n) is 6.58. The Bertz CT molecular complexity index is 1660.